The highest BCUT2D eigenvalue weighted by Gasteiger charge is 2.35. The van der Waals surface area contributed by atoms with Crippen LogP contribution >= 0.6 is 0 Å². The van der Waals surface area contributed by atoms with Crippen LogP contribution in [0.2, 0.25) is 0 Å². The number of hydrogen-bond donors (Lipinski definition) is 2. The molecule has 2 N–H and O–H groups in total. The molecule has 28 heavy (non-hydrogen) atoms. The number of amides is 2. The summed E-state index contributed by atoms with van der Waals surface area (Å²) < 4.78 is 10.6. The number of methoxy groups -OCH3 is 1. The summed E-state index contributed by atoms with van der Waals surface area (Å²) in [6, 6.07) is 17.4. The standard InChI is InChI=1S/C22H26N2O4/c1-27-19-9-7-17(8-10-19)15-23-20(25)21(26)24-16-22(11-13-28-14-12-22)18-5-3-2-4-6-18/h2-10H,11-16H2,1H3,(H,23,25)(H,24,26). The minimum absolute atomic E-state index is 0.203. The number of hydrogen-bond acceptors (Lipinski definition) is 4. The summed E-state index contributed by atoms with van der Waals surface area (Å²) in [5.41, 5.74) is 1.86. The number of rotatable bonds is 6. The average molecular weight is 382 g/mol. The van der Waals surface area contributed by atoms with E-state index in [1.165, 1.54) is 0 Å². The number of nitrogens with one attached hydrogen (secondary N) is 2. The smallest absolute Gasteiger partial charge is 0.309 e. The molecule has 2 amide bonds. The lowest BCUT2D eigenvalue weighted by Gasteiger charge is -2.37. The summed E-state index contributed by atoms with van der Waals surface area (Å²) in [6.45, 7) is 1.99. The number of carbonyl (C=O) groups excluding carboxylic acids is 2. The molecule has 3 rings (SSSR count). The summed E-state index contributed by atoms with van der Waals surface area (Å²) in [7, 11) is 1.60. The topological polar surface area (TPSA) is 76.7 Å². The molecular weight excluding hydrogens is 356 g/mol. The molecule has 6 nitrogen and oxygen atoms in total. The molecule has 0 aliphatic carbocycles. The molecule has 1 saturated heterocycles. The lowest BCUT2D eigenvalue weighted by Crippen LogP contribution is -2.48. The monoisotopic (exact) mass is 382 g/mol. The van der Waals surface area contributed by atoms with Crippen molar-refractivity contribution in [3.63, 3.8) is 0 Å². The third kappa shape index (κ3) is 4.89. The van der Waals surface area contributed by atoms with E-state index in [-0.39, 0.29) is 12.0 Å². The van der Waals surface area contributed by atoms with Crippen LogP contribution in [0.1, 0.15) is 24.0 Å². The predicted molar refractivity (Wildman–Crippen MR) is 106 cm³/mol. The highest BCUT2D eigenvalue weighted by molar-refractivity contribution is 6.35. The minimum Gasteiger partial charge on any atom is -0.497 e. The van der Waals surface area contributed by atoms with Gasteiger partial charge in [-0.25, -0.2) is 0 Å². The van der Waals surface area contributed by atoms with Gasteiger partial charge in [0.15, 0.2) is 0 Å². The molecule has 1 fully saturated rings. The molecular formula is C22H26N2O4. The van der Waals surface area contributed by atoms with E-state index in [0.717, 1.165) is 29.7 Å². The molecule has 0 saturated carbocycles. The van der Waals surface area contributed by atoms with Crippen LogP contribution in [0.3, 0.4) is 0 Å². The molecule has 1 aliphatic heterocycles. The maximum Gasteiger partial charge on any atom is 0.309 e. The van der Waals surface area contributed by atoms with Crippen molar-refractivity contribution >= 4 is 11.8 Å². The number of benzene rings is 2. The van der Waals surface area contributed by atoms with Crippen molar-refractivity contribution in [2.24, 2.45) is 0 Å². The van der Waals surface area contributed by atoms with E-state index in [2.05, 4.69) is 22.8 Å². The Morgan fingerprint density at radius 1 is 0.964 bits per heavy atom. The second-order valence-electron chi connectivity index (χ2n) is 6.97. The third-order valence-electron chi connectivity index (χ3n) is 5.24. The normalized spacial score (nSPS) is 15.5. The predicted octanol–water partition coefficient (Wildman–Crippen LogP) is 2.18. The molecule has 0 unspecified atom stereocenters. The lowest BCUT2D eigenvalue weighted by atomic mass is 9.74. The molecule has 0 radical (unpaired) electrons. The maximum absolute atomic E-state index is 12.3. The molecule has 0 spiro atoms. The Kier molecular flexibility index (Phi) is 6.66. The molecule has 0 bridgehead atoms. The highest BCUT2D eigenvalue weighted by atomic mass is 16.5. The van der Waals surface area contributed by atoms with Crippen LogP contribution in [-0.4, -0.2) is 38.7 Å². The summed E-state index contributed by atoms with van der Waals surface area (Å²) >= 11 is 0. The Bertz CT molecular complexity index is 784. The summed E-state index contributed by atoms with van der Waals surface area (Å²) in [5, 5.41) is 5.48. The van der Waals surface area contributed by atoms with E-state index in [9.17, 15) is 9.59 Å². The fourth-order valence-electron chi connectivity index (χ4n) is 3.46. The Hall–Kier alpha value is -2.86. The molecule has 2 aromatic carbocycles. The molecule has 148 valence electrons. The van der Waals surface area contributed by atoms with Gasteiger partial charge < -0.3 is 20.1 Å². The van der Waals surface area contributed by atoms with Crippen LogP contribution in [0.15, 0.2) is 54.6 Å². The van der Waals surface area contributed by atoms with Crippen molar-refractivity contribution in [1.82, 2.24) is 10.6 Å². The quantitative estimate of drug-likeness (QED) is 0.751. The summed E-state index contributed by atoms with van der Waals surface area (Å²) in [6.07, 6.45) is 1.62. The van der Waals surface area contributed by atoms with Gasteiger partial charge in [0, 0.05) is 31.7 Å². The van der Waals surface area contributed by atoms with Gasteiger partial charge in [-0.15, -0.1) is 0 Å². The van der Waals surface area contributed by atoms with Crippen LogP contribution in [0.5, 0.6) is 5.75 Å². The van der Waals surface area contributed by atoms with Gasteiger partial charge in [-0.1, -0.05) is 42.5 Å². The third-order valence-corrected chi connectivity index (χ3v) is 5.24. The van der Waals surface area contributed by atoms with E-state index in [4.69, 9.17) is 9.47 Å². The zero-order valence-electron chi connectivity index (χ0n) is 16.1. The SMILES string of the molecule is COc1ccc(CNC(=O)C(=O)NCC2(c3ccccc3)CCOCC2)cc1. The van der Waals surface area contributed by atoms with Crippen LogP contribution < -0.4 is 15.4 Å². The average Bonchev–Trinajstić information content (AvgIpc) is 2.77. The molecule has 1 heterocycles. The second kappa shape index (κ2) is 9.37. The number of ether oxygens (including phenoxy) is 2. The summed E-state index contributed by atoms with van der Waals surface area (Å²) in [5.74, 6) is -0.503. The first-order valence-electron chi connectivity index (χ1n) is 9.45. The second-order valence-corrected chi connectivity index (χ2v) is 6.97. The van der Waals surface area contributed by atoms with Crippen LogP contribution in [0.4, 0.5) is 0 Å². The van der Waals surface area contributed by atoms with Crippen LogP contribution in [-0.2, 0) is 26.3 Å². The van der Waals surface area contributed by atoms with E-state index >= 15 is 0 Å². The van der Waals surface area contributed by atoms with Gasteiger partial charge in [0.1, 0.15) is 5.75 Å². The van der Waals surface area contributed by atoms with Crippen LogP contribution in [0, 0.1) is 0 Å². The van der Waals surface area contributed by atoms with Gasteiger partial charge in [0.2, 0.25) is 0 Å². The van der Waals surface area contributed by atoms with Gasteiger partial charge in [-0.2, -0.15) is 0 Å². The van der Waals surface area contributed by atoms with Crippen LogP contribution in [0.25, 0.3) is 0 Å². The van der Waals surface area contributed by atoms with Crippen molar-refractivity contribution in [3.05, 3.63) is 65.7 Å². The molecule has 1 aliphatic rings. The van der Waals surface area contributed by atoms with Crippen molar-refractivity contribution in [3.8, 4) is 5.75 Å². The molecule has 6 heteroatoms. The van der Waals surface area contributed by atoms with Crippen molar-refractivity contribution in [1.29, 1.82) is 0 Å². The van der Waals surface area contributed by atoms with Crippen molar-refractivity contribution < 1.29 is 19.1 Å². The van der Waals surface area contributed by atoms with E-state index in [1.807, 2.05) is 42.5 Å². The Labute approximate surface area is 165 Å². The van der Waals surface area contributed by atoms with Gasteiger partial charge in [0.25, 0.3) is 0 Å². The number of carbonyl (C=O) groups is 2. The van der Waals surface area contributed by atoms with E-state index in [1.54, 1.807) is 7.11 Å². The summed E-state index contributed by atoms with van der Waals surface area (Å²) in [4.78, 5) is 24.5. The van der Waals surface area contributed by atoms with Crippen molar-refractivity contribution in [2.75, 3.05) is 26.9 Å². The fourth-order valence-corrected chi connectivity index (χ4v) is 3.46. The van der Waals surface area contributed by atoms with Gasteiger partial charge >= 0.3 is 11.8 Å². The first-order valence-corrected chi connectivity index (χ1v) is 9.45. The first kappa shape index (κ1) is 19.9. The maximum atomic E-state index is 12.3. The molecule has 2 aromatic rings. The van der Waals surface area contributed by atoms with E-state index in [0.29, 0.717) is 19.8 Å². The molecule has 0 aromatic heterocycles. The minimum atomic E-state index is -0.633. The fraction of sp³-hybridized carbons (Fsp3) is 0.364. The largest absolute Gasteiger partial charge is 0.497 e. The first-order chi connectivity index (χ1) is 13.6. The molecule has 0 atom stereocenters. The Balaban J connectivity index is 1.55. The highest BCUT2D eigenvalue weighted by Crippen LogP contribution is 2.34. The van der Waals surface area contributed by atoms with Gasteiger partial charge in [0.05, 0.1) is 7.11 Å². The van der Waals surface area contributed by atoms with E-state index < -0.39 is 11.8 Å². The Morgan fingerprint density at radius 3 is 2.25 bits per heavy atom. The van der Waals surface area contributed by atoms with Gasteiger partial charge in [-0.3, -0.25) is 9.59 Å². The van der Waals surface area contributed by atoms with Gasteiger partial charge in [-0.05, 0) is 36.1 Å². The lowest BCUT2D eigenvalue weighted by molar-refractivity contribution is -0.139. The zero-order valence-corrected chi connectivity index (χ0v) is 16.1. The Morgan fingerprint density at radius 2 is 1.61 bits per heavy atom. The van der Waals surface area contributed by atoms with Crippen molar-refractivity contribution in [2.45, 2.75) is 24.8 Å². The zero-order chi connectivity index (χ0) is 19.8.